The molecule has 0 bridgehead atoms. The number of fused-ring (bicyclic) bond motifs is 1. The van der Waals surface area contributed by atoms with E-state index in [-0.39, 0.29) is 6.04 Å². The number of aryl methyl sites for hydroxylation is 2. The van der Waals surface area contributed by atoms with Crippen LogP contribution >= 0.6 is 0 Å². The van der Waals surface area contributed by atoms with Crippen molar-refractivity contribution < 1.29 is 0 Å². The molecule has 0 spiro atoms. The van der Waals surface area contributed by atoms with E-state index in [1.165, 1.54) is 11.1 Å². The lowest BCUT2D eigenvalue weighted by molar-refractivity contribution is 0.363. The zero-order valence-corrected chi connectivity index (χ0v) is 11.3. The fourth-order valence-corrected chi connectivity index (χ4v) is 3.04. The number of hydrogen-bond donors (Lipinski definition) is 1. The Balaban J connectivity index is 1.81. The molecule has 2 N–H and O–H groups in total. The van der Waals surface area contributed by atoms with Crippen molar-refractivity contribution in [2.24, 2.45) is 11.7 Å². The molecule has 2 unspecified atom stereocenters. The monoisotopic (exact) mass is 256 g/mol. The maximum Gasteiger partial charge on any atom is 0.138 e. The fraction of sp³-hybridized carbons (Fsp3) is 0.467. The van der Waals surface area contributed by atoms with Crippen LogP contribution in [0, 0.1) is 5.92 Å². The highest BCUT2D eigenvalue weighted by molar-refractivity contribution is 5.32. The van der Waals surface area contributed by atoms with E-state index in [0.29, 0.717) is 5.92 Å². The number of benzene rings is 1. The summed E-state index contributed by atoms with van der Waals surface area (Å²) in [6.07, 6.45) is 4.81. The molecule has 2 aromatic rings. The van der Waals surface area contributed by atoms with Crippen molar-refractivity contribution in [1.82, 2.24) is 14.8 Å². The molecule has 19 heavy (non-hydrogen) atoms. The van der Waals surface area contributed by atoms with Gasteiger partial charge in [0.05, 0.1) is 0 Å². The molecule has 0 radical (unpaired) electrons. The highest BCUT2D eigenvalue weighted by Crippen LogP contribution is 2.34. The predicted octanol–water partition coefficient (Wildman–Crippen LogP) is 2.10. The van der Waals surface area contributed by atoms with Crippen LogP contribution in [0.3, 0.4) is 0 Å². The lowest BCUT2D eigenvalue weighted by Crippen LogP contribution is -2.29. The molecule has 0 aliphatic heterocycles. The van der Waals surface area contributed by atoms with Gasteiger partial charge in [-0.2, -0.15) is 5.10 Å². The van der Waals surface area contributed by atoms with E-state index in [2.05, 4.69) is 41.3 Å². The van der Waals surface area contributed by atoms with E-state index < -0.39 is 0 Å². The Labute approximate surface area is 113 Å². The Morgan fingerprint density at radius 2 is 2.21 bits per heavy atom. The fourth-order valence-electron chi connectivity index (χ4n) is 3.04. The molecule has 1 aliphatic carbocycles. The van der Waals surface area contributed by atoms with Gasteiger partial charge in [0.2, 0.25) is 0 Å². The third-order valence-corrected chi connectivity index (χ3v) is 4.15. The predicted molar refractivity (Wildman–Crippen MR) is 74.6 cm³/mol. The normalized spacial score (nSPS) is 22.2. The summed E-state index contributed by atoms with van der Waals surface area (Å²) >= 11 is 0. The van der Waals surface area contributed by atoms with Crippen LogP contribution in [0.2, 0.25) is 0 Å². The van der Waals surface area contributed by atoms with E-state index in [4.69, 9.17) is 5.73 Å². The molecule has 0 saturated heterocycles. The zero-order valence-electron chi connectivity index (χ0n) is 11.3. The van der Waals surface area contributed by atoms with Gasteiger partial charge in [0.25, 0.3) is 0 Å². The summed E-state index contributed by atoms with van der Waals surface area (Å²) in [5.41, 5.74) is 9.15. The van der Waals surface area contributed by atoms with Gasteiger partial charge in [-0.25, -0.2) is 4.98 Å². The first kappa shape index (κ1) is 12.4. The number of hydrogen-bond acceptors (Lipinski definition) is 3. The van der Waals surface area contributed by atoms with Gasteiger partial charge in [0, 0.05) is 19.0 Å². The molecule has 100 valence electrons. The van der Waals surface area contributed by atoms with E-state index >= 15 is 0 Å². The summed E-state index contributed by atoms with van der Waals surface area (Å²) in [5, 5.41) is 4.23. The highest BCUT2D eigenvalue weighted by Gasteiger charge is 2.27. The summed E-state index contributed by atoms with van der Waals surface area (Å²) in [5.74, 6) is 1.52. The summed E-state index contributed by atoms with van der Waals surface area (Å²) < 4.78 is 1.97. The van der Waals surface area contributed by atoms with Crippen molar-refractivity contribution in [3.63, 3.8) is 0 Å². The Hall–Kier alpha value is -1.68. The lowest BCUT2D eigenvalue weighted by Gasteiger charge is -2.30. The van der Waals surface area contributed by atoms with Crippen molar-refractivity contribution in [2.75, 3.05) is 0 Å². The standard InChI is InChI=1S/C15H20N4/c1-2-19-14(17-10-18-19)9-12-8-7-11-5-3-4-6-13(11)15(12)16/h3-6,10,12,15H,2,7-9,16H2,1H3. The largest absolute Gasteiger partial charge is 0.324 e. The first-order chi connectivity index (χ1) is 9.29. The van der Waals surface area contributed by atoms with Crippen LogP contribution in [-0.4, -0.2) is 14.8 Å². The second-order valence-electron chi connectivity index (χ2n) is 5.22. The minimum atomic E-state index is 0.118. The van der Waals surface area contributed by atoms with Crippen molar-refractivity contribution in [1.29, 1.82) is 0 Å². The van der Waals surface area contributed by atoms with Crippen LogP contribution in [0.4, 0.5) is 0 Å². The third kappa shape index (κ3) is 2.28. The quantitative estimate of drug-likeness (QED) is 0.915. The molecular formula is C15H20N4. The third-order valence-electron chi connectivity index (χ3n) is 4.15. The number of aromatic nitrogens is 3. The Kier molecular flexibility index (Phi) is 3.34. The summed E-state index contributed by atoms with van der Waals surface area (Å²) in [4.78, 5) is 4.37. The Morgan fingerprint density at radius 3 is 3.05 bits per heavy atom. The molecule has 0 amide bonds. The average molecular weight is 256 g/mol. The SMILES string of the molecule is CCn1ncnc1CC1CCc2ccccc2C1N. The molecular weight excluding hydrogens is 236 g/mol. The van der Waals surface area contributed by atoms with Crippen LogP contribution in [-0.2, 0) is 19.4 Å². The molecule has 4 nitrogen and oxygen atoms in total. The van der Waals surface area contributed by atoms with Crippen LogP contribution < -0.4 is 5.73 Å². The van der Waals surface area contributed by atoms with Crippen molar-refractivity contribution in [3.05, 3.63) is 47.5 Å². The van der Waals surface area contributed by atoms with Gasteiger partial charge in [0.15, 0.2) is 0 Å². The van der Waals surface area contributed by atoms with Crippen molar-refractivity contribution >= 4 is 0 Å². The maximum atomic E-state index is 6.44. The minimum absolute atomic E-state index is 0.118. The average Bonchev–Trinajstić information content (AvgIpc) is 2.89. The molecule has 0 saturated carbocycles. The Morgan fingerprint density at radius 1 is 1.37 bits per heavy atom. The maximum absolute atomic E-state index is 6.44. The van der Waals surface area contributed by atoms with Crippen LogP contribution in [0.15, 0.2) is 30.6 Å². The van der Waals surface area contributed by atoms with E-state index in [0.717, 1.165) is 31.6 Å². The molecule has 0 fully saturated rings. The number of nitrogens with zero attached hydrogens (tertiary/aromatic N) is 3. The molecule has 2 atom stereocenters. The topological polar surface area (TPSA) is 56.7 Å². The van der Waals surface area contributed by atoms with Gasteiger partial charge in [-0.1, -0.05) is 24.3 Å². The highest BCUT2D eigenvalue weighted by atomic mass is 15.3. The van der Waals surface area contributed by atoms with Crippen LogP contribution in [0.1, 0.15) is 36.3 Å². The Bertz CT molecular complexity index is 561. The van der Waals surface area contributed by atoms with Gasteiger partial charge >= 0.3 is 0 Å². The van der Waals surface area contributed by atoms with Gasteiger partial charge in [0.1, 0.15) is 12.2 Å². The van der Waals surface area contributed by atoms with Crippen molar-refractivity contribution in [2.45, 2.75) is 38.8 Å². The van der Waals surface area contributed by atoms with Crippen molar-refractivity contribution in [3.8, 4) is 0 Å². The molecule has 1 aromatic carbocycles. The minimum Gasteiger partial charge on any atom is -0.324 e. The second-order valence-corrected chi connectivity index (χ2v) is 5.22. The first-order valence-corrected chi connectivity index (χ1v) is 6.99. The second kappa shape index (κ2) is 5.13. The number of nitrogens with two attached hydrogens (primary N) is 1. The molecule has 4 heteroatoms. The molecule has 1 heterocycles. The molecule has 3 rings (SSSR count). The first-order valence-electron chi connectivity index (χ1n) is 6.99. The molecule has 1 aromatic heterocycles. The van der Waals surface area contributed by atoms with Crippen LogP contribution in [0.5, 0.6) is 0 Å². The van der Waals surface area contributed by atoms with Gasteiger partial charge in [-0.15, -0.1) is 0 Å². The van der Waals surface area contributed by atoms with E-state index in [9.17, 15) is 0 Å². The lowest BCUT2D eigenvalue weighted by atomic mass is 9.78. The molecule has 1 aliphatic rings. The summed E-state index contributed by atoms with van der Waals surface area (Å²) in [6, 6.07) is 8.65. The smallest absolute Gasteiger partial charge is 0.138 e. The van der Waals surface area contributed by atoms with E-state index in [1.807, 2.05) is 4.68 Å². The summed E-state index contributed by atoms with van der Waals surface area (Å²) in [7, 11) is 0. The van der Waals surface area contributed by atoms with E-state index in [1.54, 1.807) is 6.33 Å². The van der Waals surface area contributed by atoms with Gasteiger partial charge < -0.3 is 5.73 Å². The zero-order chi connectivity index (χ0) is 13.2. The number of rotatable bonds is 3. The van der Waals surface area contributed by atoms with Gasteiger partial charge in [-0.3, -0.25) is 4.68 Å². The summed E-state index contributed by atoms with van der Waals surface area (Å²) in [6.45, 7) is 2.96. The van der Waals surface area contributed by atoms with Gasteiger partial charge in [-0.05, 0) is 36.8 Å². The van der Waals surface area contributed by atoms with Crippen LogP contribution in [0.25, 0.3) is 0 Å².